The van der Waals surface area contributed by atoms with Gasteiger partial charge in [-0.05, 0) is 38.0 Å². The van der Waals surface area contributed by atoms with Gasteiger partial charge < -0.3 is 24.6 Å². The minimum Gasteiger partial charge on any atom is -0.503 e. The van der Waals surface area contributed by atoms with Crippen molar-refractivity contribution in [1.29, 1.82) is 0 Å². The molecule has 3 heterocycles. The maximum atomic E-state index is 13.1. The number of aromatic hydroxyl groups is 1. The van der Waals surface area contributed by atoms with Gasteiger partial charge in [0.15, 0.2) is 17.2 Å². The van der Waals surface area contributed by atoms with Crippen LogP contribution in [0.4, 0.5) is 4.39 Å². The van der Waals surface area contributed by atoms with Gasteiger partial charge in [-0.25, -0.2) is 4.39 Å². The molecule has 1 saturated heterocycles. The standard InChI is InChI=1S/C21H22FN3O5/c1-12-7-8-30-21(2)11-24-10-15(17(26)18(27)16(24)20(29)25(12)21)19(28)23-9-13-3-5-14(22)6-4-13/h3-6,10,12,27H,7-9,11H2,1-2H3,(H,23,28)/t12-,21+/m1/s1. The third kappa shape index (κ3) is 3.24. The van der Waals surface area contributed by atoms with E-state index < -0.39 is 34.5 Å². The maximum absolute atomic E-state index is 13.1. The molecule has 30 heavy (non-hydrogen) atoms. The Kier molecular flexibility index (Phi) is 4.85. The molecule has 0 unspecified atom stereocenters. The van der Waals surface area contributed by atoms with Gasteiger partial charge in [0.25, 0.3) is 11.8 Å². The lowest BCUT2D eigenvalue weighted by molar-refractivity contribution is -0.185. The molecule has 2 amide bonds. The number of aromatic nitrogens is 1. The number of hydrogen-bond donors (Lipinski definition) is 2. The molecule has 8 nitrogen and oxygen atoms in total. The number of halogens is 1. The largest absolute Gasteiger partial charge is 0.503 e. The zero-order valence-electron chi connectivity index (χ0n) is 16.6. The number of benzene rings is 1. The molecule has 158 valence electrons. The molecule has 0 saturated carbocycles. The molecular weight excluding hydrogens is 393 g/mol. The number of ether oxygens (including phenoxy) is 1. The minimum atomic E-state index is -0.939. The number of pyridine rings is 1. The number of carbonyl (C=O) groups excluding carboxylic acids is 2. The summed E-state index contributed by atoms with van der Waals surface area (Å²) in [6.07, 6.45) is 1.93. The second kappa shape index (κ2) is 7.24. The molecule has 0 spiro atoms. The van der Waals surface area contributed by atoms with Crippen molar-refractivity contribution in [2.75, 3.05) is 6.61 Å². The van der Waals surface area contributed by atoms with E-state index in [1.165, 1.54) is 35.0 Å². The Labute approximate surface area is 171 Å². The molecule has 9 heteroatoms. The van der Waals surface area contributed by atoms with Gasteiger partial charge in [-0.2, -0.15) is 0 Å². The van der Waals surface area contributed by atoms with Crippen molar-refractivity contribution in [3.63, 3.8) is 0 Å². The highest BCUT2D eigenvalue weighted by molar-refractivity contribution is 5.99. The van der Waals surface area contributed by atoms with Gasteiger partial charge in [-0.1, -0.05) is 12.1 Å². The van der Waals surface area contributed by atoms with E-state index in [2.05, 4.69) is 5.32 Å². The molecule has 1 fully saturated rings. The summed E-state index contributed by atoms with van der Waals surface area (Å²) in [5.74, 6) is -2.36. The van der Waals surface area contributed by atoms with Gasteiger partial charge in [0.2, 0.25) is 5.43 Å². The summed E-state index contributed by atoms with van der Waals surface area (Å²) in [5.41, 5.74) is -1.64. The summed E-state index contributed by atoms with van der Waals surface area (Å²) in [6, 6.07) is 5.46. The Morgan fingerprint density at radius 2 is 2.03 bits per heavy atom. The van der Waals surface area contributed by atoms with Crippen LogP contribution in [-0.4, -0.2) is 44.8 Å². The number of nitrogens with zero attached hydrogens (tertiary/aromatic N) is 2. The number of amides is 2. The third-order valence-electron chi connectivity index (χ3n) is 5.65. The van der Waals surface area contributed by atoms with Crippen molar-refractivity contribution in [2.45, 2.75) is 45.1 Å². The fraction of sp³-hybridized carbons (Fsp3) is 0.381. The molecule has 2 N–H and O–H groups in total. The molecule has 0 radical (unpaired) electrons. The molecule has 1 aromatic carbocycles. The van der Waals surface area contributed by atoms with Crippen molar-refractivity contribution < 1.29 is 23.8 Å². The van der Waals surface area contributed by atoms with Crippen molar-refractivity contribution >= 4 is 11.8 Å². The summed E-state index contributed by atoms with van der Waals surface area (Å²) < 4.78 is 20.3. The van der Waals surface area contributed by atoms with Crippen molar-refractivity contribution in [3.05, 3.63) is 63.3 Å². The quantitative estimate of drug-likeness (QED) is 0.793. The van der Waals surface area contributed by atoms with Gasteiger partial charge in [0.1, 0.15) is 11.4 Å². The Morgan fingerprint density at radius 3 is 2.73 bits per heavy atom. The summed E-state index contributed by atoms with van der Waals surface area (Å²) in [7, 11) is 0. The van der Waals surface area contributed by atoms with E-state index in [0.717, 1.165) is 0 Å². The Morgan fingerprint density at radius 1 is 1.33 bits per heavy atom. The van der Waals surface area contributed by atoms with Crippen molar-refractivity contribution in [1.82, 2.24) is 14.8 Å². The molecule has 2 atom stereocenters. The summed E-state index contributed by atoms with van der Waals surface area (Å²) >= 11 is 0. The molecule has 0 aliphatic carbocycles. The van der Waals surface area contributed by atoms with Gasteiger partial charge in [0, 0.05) is 18.8 Å². The van der Waals surface area contributed by atoms with Crippen LogP contribution in [0.2, 0.25) is 0 Å². The zero-order chi connectivity index (χ0) is 21.6. The topological polar surface area (TPSA) is 101 Å². The van der Waals surface area contributed by atoms with Crippen molar-refractivity contribution in [3.8, 4) is 5.75 Å². The molecule has 0 bridgehead atoms. The molecule has 1 aromatic heterocycles. The highest BCUT2D eigenvalue weighted by atomic mass is 19.1. The predicted molar refractivity (Wildman–Crippen MR) is 105 cm³/mol. The minimum absolute atomic E-state index is 0.0755. The van der Waals surface area contributed by atoms with E-state index in [-0.39, 0.29) is 30.4 Å². The van der Waals surface area contributed by atoms with Crippen LogP contribution in [0.15, 0.2) is 35.3 Å². The lowest BCUT2D eigenvalue weighted by atomic mass is 10.00. The van der Waals surface area contributed by atoms with E-state index in [1.54, 1.807) is 11.8 Å². The van der Waals surface area contributed by atoms with Gasteiger partial charge in [-0.15, -0.1) is 0 Å². The van der Waals surface area contributed by atoms with Crippen molar-refractivity contribution in [2.24, 2.45) is 0 Å². The Hall–Kier alpha value is -3.20. The summed E-state index contributed by atoms with van der Waals surface area (Å²) in [6.45, 7) is 4.39. The first-order valence-corrected chi connectivity index (χ1v) is 9.68. The van der Waals surface area contributed by atoms with E-state index in [0.29, 0.717) is 18.6 Å². The highest BCUT2D eigenvalue weighted by Gasteiger charge is 2.48. The van der Waals surface area contributed by atoms with Crippen LogP contribution < -0.4 is 10.7 Å². The van der Waals surface area contributed by atoms with Crippen LogP contribution in [0.1, 0.15) is 46.7 Å². The maximum Gasteiger partial charge on any atom is 0.277 e. The Bertz CT molecular complexity index is 1080. The second-order valence-corrected chi connectivity index (χ2v) is 7.84. The molecule has 2 aliphatic rings. The summed E-state index contributed by atoms with van der Waals surface area (Å²) in [5, 5.41) is 13.1. The predicted octanol–water partition coefficient (Wildman–Crippen LogP) is 1.60. The van der Waals surface area contributed by atoms with Gasteiger partial charge >= 0.3 is 0 Å². The van der Waals surface area contributed by atoms with Crippen LogP contribution in [-0.2, 0) is 17.8 Å². The smallest absolute Gasteiger partial charge is 0.277 e. The monoisotopic (exact) mass is 415 g/mol. The normalized spacial score (nSPS) is 23.0. The van der Waals surface area contributed by atoms with Crippen LogP contribution >= 0.6 is 0 Å². The number of nitrogens with one attached hydrogen (secondary N) is 1. The molecule has 4 rings (SSSR count). The van der Waals surface area contributed by atoms with Crippen LogP contribution in [0.5, 0.6) is 5.75 Å². The fourth-order valence-electron chi connectivity index (χ4n) is 4.12. The fourth-order valence-corrected chi connectivity index (χ4v) is 4.12. The van der Waals surface area contributed by atoms with Gasteiger partial charge in [-0.3, -0.25) is 14.4 Å². The highest BCUT2D eigenvalue weighted by Crippen LogP contribution is 2.35. The number of hydrogen-bond acceptors (Lipinski definition) is 5. The average molecular weight is 415 g/mol. The summed E-state index contributed by atoms with van der Waals surface area (Å²) in [4.78, 5) is 39.8. The SMILES string of the molecule is C[C@@H]1CCO[C@@]2(C)Cn3cc(C(=O)NCc4ccc(F)cc4)c(=O)c(O)c3C(=O)N12. The Balaban J connectivity index is 1.66. The lowest BCUT2D eigenvalue weighted by Crippen LogP contribution is -2.64. The first-order chi connectivity index (χ1) is 14.2. The van der Waals surface area contributed by atoms with E-state index in [1.807, 2.05) is 6.92 Å². The third-order valence-corrected chi connectivity index (χ3v) is 5.65. The lowest BCUT2D eigenvalue weighted by Gasteiger charge is -2.51. The van der Waals surface area contributed by atoms with E-state index in [4.69, 9.17) is 4.74 Å². The number of rotatable bonds is 3. The van der Waals surface area contributed by atoms with Gasteiger partial charge in [0.05, 0.1) is 13.2 Å². The number of fused-ring (bicyclic) bond motifs is 2. The van der Waals surface area contributed by atoms with Crippen LogP contribution in [0.25, 0.3) is 0 Å². The average Bonchev–Trinajstić information content (AvgIpc) is 2.69. The van der Waals surface area contributed by atoms with E-state index in [9.17, 15) is 23.9 Å². The molecular formula is C21H22FN3O5. The van der Waals surface area contributed by atoms with Crippen LogP contribution in [0, 0.1) is 5.82 Å². The molecule has 2 aromatic rings. The zero-order valence-corrected chi connectivity index (χ0v) is 16.6. The van der Waals surface area contributed by atoms with E-state index >= 15 is 0 Å². The first kappa shape index (κ1) is 20.1. The van der Waals surface area contributed by atoms with Crippen LogP contribution in [0.3, 0.4) is 0 Å². The number of carbonyl (C=O) groups is 2. The first-order valence-electron chi connectivity index (χ1n) is 9.68. The second-order valence-electron chi connectivity index (χ2n) is 7.84. The molecule has 2 aliphatic heterocycles.